The highest BCUT2D eigenvalue weighted by molar-refractivity contribution is 6.02. The molecule has 0 radical (unpaired) electrons. The Hall–Kier alpha value is -3.96. The van der Waals surface area contributed by atoms with Gasteiger partial charge in [0.1, 0.15) is 5.56 Å². The van der Waals surface area contributed by atoms with Gasteiger partial charge in [-0.05, 0) is 55.2 Å². The maximum atomic E-state index is 12.3. The van der Waals surface area contributed by atoms with Crippen molar-refractivity contribution in [1.29, 1.82) is 5.26 Å². The van der Waals surface area contributed by atoms with Gasteiger partial charge >= 0.3 is 0 Å². The predicted molar refractivity (Wildman–Crippen MR) is 141 cm³/mol. The molecule has 2 aliphatic carbocycles. The van der Waals surface area contributed by atoms with Gasteiger partial charge in [-0.25, -0.2) is 0 Å². The monoisotopic (exact) mass is 496 g/mol. The standard InChI is InChI=1S/C29H32N6O2/c30-17-16-29(35-19-25(26(31)36)27(34-35)33-28(37)21-10-11-21)14-12-23(13-15-29)32-18-22-8-4-5-9-24(22)20-6-2-1-3-7-20/h1-9,19,21,23,32H,10-16,18H2,(H2,31,36)(H,33,34,37). The minimum absolute atomic E-state index is 0.0209. The van der Waals surface area contributed by atoms with Crippen molar-refractivity contribution in [1.82, 2.24) is 15.1 Å². The molecule has 2 aliphatic rings. The molecule has 0 aliphatic heterocycles. The van der Waals surface area contributed by atoms with E-state index in [9.17, 15) is 14.9 Å². The fraction of sp³-hybridized carbons (Fsp3) is 0.379. The highest BCUT2D eigenvalue weighted by atomic mass is 16.2. The number of nitrogens with zero attached hydrogens (tertiary/aromatic N) is 3. The zero-order valence-corrected chi connectivity index (χ0v) is 20.8. The number of benzene rings is 2. The molecule has 5 rings (SSSR count). The van der Waals surface area contributed by atoms with Crippen LogP contribution in [0.3, 0.4) is 0 Å². The van der Waals surface area contributed by atoms with Gasteiger partial charge in [-0.2, -0.15) is 10.4 Å². The van der Waals surface area contributed by atoms with Gasteiger partial charge in [0.05, 0.1) is 18.0 Å². The number of rotatable bonds is 9. The van der Waals surface area contributed by atoms with Crippen LogP contribution in [0, 0.1) is 17.2 Å². The summed E-state index contributed by atoms with van der Waals surface area (Å²) in [5.74, 6) is -0.602. The number of carbonyl (C=O) groups is 2. The number of anilines is 1. The van der Waals surface area contributed by atoms with Gasteiger partial charge < -0.3 is 16.4 Å². The Labute approximate surface area is 216 Å². The summed E-state index contributed by atoms with van der Waals surface area (Å²) in [6.45, 7) is 0.756. The molecular formula is C29H32N6O2. The molecule has 8 nitrogen and oxygen atoms in total. The Morgan fingerprint density at radius 3 is 2.43 bits per heavy atom. The molecule has 0 bridgehead atoms. The first-order chi connectivity index (χ1) is 18.0. The molecule has 0 atom stereocenters. The fourth-order valence-corrected chi connectivity index (χ4v) is 5.28. The van der Waals surface area contributed by atoms with Gasteiger partial charge in [0.2, 0.25) is 5.91 Å². The number of hydrogen-bond donors (Lipinski definition) is 3. The average molecular weight is 497 g/mol. The molecule has 0 saturated heterocycles. The molecule has 2 aromatic carbocycles. The maximum Gasteiger partial charge on any atom is 0.254 e. The van der Waals surface area contributed by atoms with Crippen molar-refractivity contribution in [2.24, 2.45) is 11.7 Å². The lowest BCUT2D eigenvalue weighted by atomic mass is 9.77. The predicted octanol–water partition coefficient (Wildman–Crippen LogP) is 4.34. The summed E-state index contributed by atoms with van der Waals surface area (Å²) in [6.07, 6.45) is 6.76. The van der Waals surface area contributed by atoms with Crippen LogP contribution in [-0.4, -0.2) is 27.6 Å². The second kappa shape index (κ2) is 10.6. The normalized spacial score (nSPS) is 21.2. The maximum absolute atomic E-state index is 12.3. The number of primary amides is 1. The summed E-state index contributed by atoms with van der Waals surface area (Å²) in [7, 11) is 0. The second-order valence-corrected chi connectivity index (χ2v) is 10.2. The summed E-state index contributed by atoms with van der Waals surface area (Å²) in [5.41, 5.74) is 8.91. The van der Waals surface area contributed by atoms with Crippen LogP contribution in [0.4, 0.5) is 5.82 Å². The number of nitriles is 1. The van der Waals surface area contributed by atoms with Crippen LogP contribution in [0.5, 0.6) is 0 Å². The minimum atomic E-state index is -0.642. The number of carbonyl (C=O) groups excluding carboxylic acids is 2. The Morgan fingerprint density at radius 2 is 1.76 bits per heavy atom. The third-order valence-electron chi connectivity index (χ3n) is 7.66. The Balaban J connectivity index is 1.28. The van der Waals surface area contributed by atoms with Crippen molar-refractivity contribution in [3.8, 4) is 17.2 Å². The molecule has 1 aromatic heterocycles. The molecule has 4 N–H and O–H groups in total. The van der Waals surface area contributed by atoms with Crippen molar-refractivity contribution in [3.05, 3.63) is 71.9 Å². The van der Waals surface area contributed by atoms with Crippen LogP contribution < -0.4 is 16.4 Å². The average Bonchev–Trinajstić information content (AvgIpc) is 3.69. The Morgan fingerprint density at radius 1 is 1.05 bits per heavy atom. The number of nitrogens with one attached hydrogen (secondary N) is 2. The van der Waals surface area contributed by atoms with E-state index in [-0.39, 0.29) is 29.6 Å². The van der Waals surface area contributed by atoms with E-state index in [0.717, 1.165) is 45.1 Å². The summed E-state index contributed by atoms with van der Waals surface area (Å²) >= 11 is 0. The molecule has 37 heavy (non-hydrogen) atoms. The van der Waals surface area contributed by atoms with E-state index in [2.05, 4.69) is 70.3 Å². The smallest absolute Gasteiger partial charge is 0.254 e. The van der Waals surface area contributed by atoms with E-state index in [1.54, 1.807) is 10.9 Å². The molecule has 1 heterocycles. The van der Waals surface area contributed by atoms with Crippen molar-refractivity contribution < 1.29 is 9.59 Å². The van der Waals surface area contributed by atoms with Gasteiger partial charge in [0.15, 0.2) is 5.82 Å². The molecule has 190 valence electrons. The quantitative estimate of drug-likeness (QED) is 0.406. The van der Waals surface area contributed by atoms with Crippen LogP contribution in [0.15, 0.2) is 60.8 Å². The molecule has 3 aromatic rings. The number of aromatic nitrogens is 2. The number of hydrogen-bond acceptors (Lipinski definition) is 5. The van der Waals surface area contributed by atoms with E-state index < -0.39 is 11.4 Å². The molecule has 2 amide bonds. The van der Waals surface area contributed by atoms with Crippen molar-refractivity contribution in [3.63, 3.8) is 0 Å². The van der Waals surface area contributed by atoms with Gasteiger partial charge in [-0.1, -0.05) is 54.6 Å². The van der Waals surface area contributed by atoms with E-state index >= 15 is 0 Å². The summed E-state index contributed by atoms with van der Waals surface area (Å²) < 4.78 is 1.71. The zero-order valence-electron chi connectivity index (χ0n) is 20.8. The minimum Gasteiger partial charge on any atom is -0.365 e. The van der Waals surface area contributed by atoms with Crippen molar-refractivity contribution in [2.75, 3.05) is 5.32 Å². The van der Waals surface area contributed by atoms with Gasteiger partial charge in [-0.3, -0.25) is 14.3 Å². The first-order valence-corrected chi connectivity index (χ1v) is 12.9. The molecular weight excluding hydrogens is 464 g/mol. The van der Waals surface area contributed by atoms with Crippen molar-refractivity contribution >= 4 is 17.6 Å². The lowest BCUT2D eigenvalue weighted by Crippen LogP contribution is -2.43. The zero-order chi connectivity index (χ0) is 25.8. The largest absolute Gasteiger partial charge is 0.365 e. The third kappa shape index (κ3) is 5.42. The van der Waals surface area contributed by atoms with E-state index in [0.29, 0.717) is 6.04 Å². The van der Waals surface area contributed by atoms with Gasteiger partial charge in [0.25, 0.3) is 5.91 Å². The topological polar surface area (TPSA) is 126 Å². The number of amides is 2. The Bertz CT molecular complexity index is 1310. The molecule has 2 fully saturated rings. The fourth-order valence-electron chi connectivity index (χ4n) is 5.28. The second-order valence-electron chi connectivity index (χ2n) is 10.2. The lowest BCUT2D eigenvalue weighted by Gasteiger charge is -2.39. The number of nitrogens with two attached hydrogens (primary N) is 1. The van der Waals surface area contributed by atoms with Gasteiger partial charge in [0, 0.05) is 24.7 Å². The van der Waals surface area contributed by atoms with E-state index in [1.165, 1.54) is 16.7 Å². The summed E-state index contributed by atoms with van der Waals surface area (Å²) in [6, 6.07) is 21.4. The van der Waals surface area contributed by atoms with E-state index in [4.69, 9.17) is 5.73 Å². The van der Waals surface area contributed by atoms with Crippen LogP contribution in [0.1, 0.15) is 60.9 Å². The molecule has 2 saturated carbocycles. The highest BCUT2D eigenvalue weighted by Crippen LogP contribution is 2.39. The van der Waals surface area contributed by atoms with Crippen LogP contribution in [-0.2, 0) is 16.9 Å². The summed E-state index contributed by atoms with van der Waals surface area (Å²) in [5, 5.41) is 20.7. The highest BCUT2D eigenvalue weighted by Gasteiger charge is 2.39. The third-order valence-corrected chi connectivity index (χ3v) is 7.66. The molecule has 0 unspecified atom stereocenters. The van der Waals surface area contributed by atoms with Crippen LogP contribution in [0.2, 0.25) is 0 Å². The lowest BCUT2D eigenvalue weighted by molar-refractivity contribution is -0.117. The SMILES string of the molecule is N#CCC1(n2cc(C(N)=O)c(NC(=O)C3CC3)n2)CCC(NCc2ccccc2-c2ccccc2)CC1. The first kappa shape index (κ1) is 24.7. The Kier molecular flexibility index (Phi) is 7.06. The van der Waals surface area contributed by atoms with Gasteiger partial charge in [-0.15, -0.1) is 0 Å². The summed E-state index contributed by atoms with van der Waals surface area (Å²) in [4.78, 5) is 24.4. The van der Waals surface area contributed by atoms with Crippen LogP contribution in [0.25, 0.3) is 11.1 Å². The van der Waals surface area contributed by atoms with E-state index in [1.807, 2.05) is 6.07 Å². The van der Waals surface area contributed by atoms with Crippen molar-refractivity contribution in [2.45, 2.75) is 63.1 Å². The molecule has 8 heteroatoms. The van der Waals surface area contributed by atoms with Crippen LogP contribution >= 0.6 is 0 Å². The first-order valence-electron chi connectivity index (χ1n) is 12.9. The molecule has 0 spiro atoms.